The summed E-state index contributed by atoms with van der Waals surface area (Å²) < 4.78 is 0. The van der Waals surface area contributed by atoms with Crippen LogP contribution in [0.4, 0.5) is 4.70 Å². The minimum Gasteiger partial charge on any atom is -0.269 e. The molecule has 0 aromatic rings. The largest absolute Gasteiger partial charge is 0.269 e. The third-order valence-corrected chi connectivity index (χ3v) is 6.57. The topological polar surface area (TPSA) is 0 Å². The van der Waals surface area contributed by atoms with Crippen molar-refractivity contribution in [1.29, 1.82) is 0 Å². The zero-order valence-corrected chi connectivity index (χ0v) is 11.5. The molecule has 0 atom stereocenters. The maximum absolute atomic E-state index is 2.32. The third-order valence-electron chi connectivity index (χ3n) is 2.90. The predicted molar refractivity (Wildman–Crippen MR) is 68.8 cm³/mol. The Bertz CT molecular complexity index is 77.3. The second kappa shape index (κ2) is 13.1. The molecule has 0 radical (unpaired) electrons. The van der Waals surface area contributed by atoms with E-state index in [4.69, 9.17) is 0 Å². The Morgan fingerprint density at radius 2 is 0.929 bits per heavy atom. The quantitative estimate of drug-likeness (QED) is 0.491. The molecule has 2 heteroatoms. The van der Waals surface area contributed by atoms with Gasteiger partial charge in [0.15, 0.2) is 0 Å². The molecule has 0 fully saturated rings. The first kappa shape index (κ1) is 16.6. The van der Waals surface area contributed by atoms with E-state index in [1.54, 1.807) is 18.1 Å². The number of halogens is 1. The summed E-state index contributed by atoms with van der Waals surface area (Å²) in [5.74, 6) is 0. The lowest BCUT2D eigenvalue weighted by Crippen LogP contribution is -2.11. The molecular formula is C12H29FSi. The summed E-state index contributed by atoms with van der Waals surface area (Å²) in [6.07, 6.45) is 8.73. The van der Waals surface area contributed by atoms with Crippen LogP contribution in [0.2, 0.25) is 18.1 Å². The third kappa shape index (κ3) is 10.2. The Balaban J connectivity index is 0. The monoisotopic (exact) mass is 220 g/mol. The van der Waals surface area contributed by atoms with Gasteiger partial charge in [0.2, 0.25) is 0 Å². The van der Waals surface area contributed by atoms with Gasteiger partial charge in [-0.05, 0) is 0 Å². The molecule has 0 saturated heterocycles. The summed E-state index contributed by atoms with van der Waals surface area (Å²) in [5.41, 5.74) is 0. The molecule has 0 amide bonds. The Kier molecular flexibility index (Phi) is 15.6. The van der Waals surface area contributed by atoms with Crippen molar-refractivity contribution in [2.45, 2.75) is 77.4 Å². The van der Waals surface area contributed by atoms with Crippen molar-refractivity contribution in [3.05, 3.63) is 0 Å². The van der Waals surface area contributed by atoms with Gasteiger partial charge in [0.25, 0.3) is 0 Å². The smallest absolute Gasteiger partial charge is 0.0367 e. The van der Waals surface area contributed by atoms with Crippen molar-refractivity contribution >= 4 is 8.80 Å². The van der Waals surface area contributed by atoms with Crippen LogP contribution in [-0.2, 0) is 0 Å². The van der Waals surface area contributed by atoms with Crippen molar-refractivity contribution in [3.8, 4) is 0 Å². The molecule has 0 saturated carbocycles. The summed E-state index contributed by atoms with van der Waals surface area (Å²) in [4.78, 5) is 0. The van der Waals surface area contributed by atoms with E-state index in [-0.39, 0.29) is 13.5 Å². The molecule has 0 aliphatic rings. The molecular weight excluding hydrogens is 191 g/mol. The molecule has 88 valence electrons. The van der Waals surface area contributed by atoms with Crippen LogP contribution in [0.1, 0.15) is 59.3 Å². The van der Waals surface area contributed by atoms with Gasteiger partial charge in [-0.2, -0.15) is 0 Å². The van der Waals surface area contributed by atoms with E-state index < -0.39 is 0 Å². The van der Waals surface area contributed by atoms with Gasteiger partial charge < -0.3 is 0 Å². The Labute approximate surface area is 91.5 Å². The van der Waals surface area contributed by atoms with Gasteiger partial charge in [-0.15, -0.1) is 0 Å². The number of hydrogen-bond acceptors (Lipinski definition) is 0. The highest BCUT2D eigenvalue weighted by Crippen LogP contribution is 2.16. The van der Waals surface area contributed by atoms with E-state index >= 15 is 0 Å². The van der Waals surface area contributed by atoms with Crippen molar-refractivity contribution < 1.29 is 4.70 Å². The zero-order valence-electron chi connectivity index (χ0n) is 10.3. The Hall–Kier alpha value is 0.147. The van der Waals surface area contributed by atoms with E-state index in [0.717, 1.165) is 0 Å². The van der Waals surface area contributed by atoms with Crippen LogP contribution in [-0.4, -0.2) is 8.80 Å². The fourth-order valence-electron chi connectivity index (χ4n) is 1.91. The average Bonchev–Trinajstić information content (AvgIpc) is 2.17. The second-order valence-electron chi connectivity index (χ2n) is 4.29. The van der Waals surface area contributed by atoms with Crippen molar-refractivity contribution in [1.82, 2.24) is 0 Å². The molecule has 0 spiro atoms. The molecule has 0 aromatic heterocycles. The van der Waals surface area contributed by atoms with E-state index in [0.29, 0.717) is 0 Å². The van der Waals surface area contributed by atoms with Crippen LogP contribution < -0.4 is 0 Å². The molecule has 0 aliphatic carbocycles. The first-order valence-electron chi connectivity index (χ1n) is 6.35. The maximum atomic E-state index is 2.32. The maximum Gasteiger partial charge on any atom is 0.0367 e. The Morgan fingerprint density at radius 3 is 1.14 bits per heavy atom. The molecule has 0 heterocycles. The molecule has 0 nitrogen and oxygen atoms in total. The van der Waals surface area contributed by atoms with Crippen LogP contribution in [0.15, 0.2) is 0 Å². The summed E-state index contributed by atoms with van der Waals surface area (Å²) in [5, 5.41) is 0. The number of hydrogen-bond donors (Lipinski definition) is 0. The van der Waals surface area contributed by atoms with E-state index in [1.165, 1.54) is 38.5 Å². The summed E-state index contributed by atoms with van der Waals surface area (Å²) in [6.45, 7) is 6.97. The lowest BCUT2D eigenvalue weighted by atomic mass is 10.4. The number of unbranched alkanes of at least 4 members (excludes halogenated alkanes) is 3. The lowest BCUT2D eigenvalue weighted by molar-refractivity contribution is 0.812. The summed E-state index contributed by atoms with van der Waals surface area (Å²) >= 11 is 0. The minimum atomic E-state index is -0.287. The highest BCUT2D eigenvalue weighted by atomic mass is 28.3. The average molecular weight is 220 g/mol. The molecule has 0 N–H and O–H groups in total. The van der Waals surface area contributed by atoms with Gasteiger partial charge in [0.1, 0.15) is 0 Å². The van der Waals surface area contributed by atoms with Gasteiger partial charge in [-0.25, -0.2) is 0 Å². The fourth-order valence-corrected chi connectivity index (χ4v) is 5.73. The Morgan fingerprint density at radius 1 is 0.643 bits per heavy atom. The van der Waals surface area contributed by atoms with Crippen LogP contribution in [0.3, 0.4) is 0 Å². The molecule has 0 aromatic carbocycles. The zero-order chi connectivity index (χ0) is 9.94. The summed E-state index contributed by atoms with van der Waals surface area (Å²) in [6, 6.07) is 4.86. The van der Waals surface area contributed by atoms with Crippen molar-refractivity contribution in [2.24, 2.45) is 0 Å². The van der Waals surface area contributed by atoms with Gasteiger partial charge in [-0.1, -0.05) is 77.4 Å². The van der Waals surface area contributed by atoms with Crippen molar-refractivity contribution in [2.75, 3.05) is 0 Å². The van der Waals surface area contributed by atoms with Gasteiger partial charge in [0, 0.05) is 8.80 Å². The van der Waals surface area contributed by atoms with E-state index in [2.05, 4.69) is 20.8 Å². The van der Waals surface area contributed by atoms with Crippen LogP contribution in [0.5, 0.6) is 0 Å². The molecule has 0 unspecified atom stereocenters. The normalized spacial score (nSPS) is 10.3. The summed E-state index contributed by atoms with van der Waals surface area (Å²) in [7, 11) is -0.287. The lowest BCUT2D eigenvalue weighted by Gasteiger charge is -2.13. The van der Waals surface area contributed by atoms with Crippen LogP contribution in [0, 0.1) is 0 Å². The van der Waals surface area contributed by atoms with E-state index in [1.807, 2.05) is 0 Å². The van der Waals surface area contributed by atoms with E-state index in [9.17, 15) is 0 Å². The molecule has 0 aliphatic heterocycles. The highest BCUT2D eigenvalue weighted by Gasteiger charge is 2.08. The SMILES string of the molecule is CCCC[SiH](CCCC)CCCC.F. The fraction of sp³-hybridized carbons (Fsp3) is 1.00. The first-order chi connectivity index (χ1) is 6.35. The van der Waals surface area contributed by atoms with Crippen molar-refractivity contribution in [3.63, 3.8) is 0 Å². The predicted octanol–water partition coefficient (Wildman–Crippen LogP) is 4.77. The van der Waals surface area contributed by atoms with Gasteiger partial charge in [-0.3, -0.25) is 4.70 Å². The van der Waals surface area contributed by atoms with Crippen LogP contribution in [0.25, 0.3) is 0 Å². The van der Waals surface area contributed by atoms with Crippen LogP contribution >= 0.6 is 0 Å². The van der Waals surface area contributed by atoms with Gasteiger partial charge >= 0.3 is 0 Å². The number of rotatable bonds is 9. The molecule has 0 rings (SSSR count). The highest BCUT2D eigenvalue weighted by molar-refractivity contribution is 6.58. The molecule has 0 bridgehead atoms. The minimum absolute atomic E-state index is 0. The first-order valence-corrected chi connectivity index (χ1v) is 8.80. The molecule has 14 heavy (non-hydrogen) atoms. The van der Waals surface area contributed by atoms with Gasteiger partial charge in [0.05, 0.1) is 0 Å². The second-order valence-corrected chi connectivity index (χ2v) is 7.76. The standard InChI is InChI=1S/C12H28Si.FH/c1-4-7-10-13(11-8-5-2)12-9-6-3;/h13H,4-12H2,1-3H3;1H.